The van der Waals surface area contributed by atoms with E-state index in [9.17, 15) is 18.0 Å². The number of esters is 1. The molecule has 0 saturated carbocycles. The molecule has 1 aliphatic heterocycles. The van der Waals surface area contributed by atoms with E-state index in [4.69, 9.17) is 9.47 Å². The van der Waals surface area contributed by atoms with E-state index in [2.05, 4.69) is 6.58 Å². The number of likely N-dealkylation sites (N-methyl/N-ethyl adjacent to an activating group) is 1. The van der Waals surface area contributed by atoms with E-state index in [1.165, 1.54) is 18.0 Å². The average Bonchev–Trinajstić information content (AvgIpc) is 3.02. The van der Waals surface area contributed by atoms with Gasteiger partial charge in [0.2, 0.25) is 0 Å². The van der Waals surface area contributed by atoms with Crippen molar-refractivity contribution in [1.82, 2.24) is 4.90 Å². The van der Waals surface area contributed by atoms with E-state index in [0.29, 0.717) is 18.8 Å². The van der Waals surface area contributed by atoms with Crippen LogP contribution in [0.25, 0.3) is 6.08 Å². The Morgan fingerprint density at radius 3 is 2.59 bits per heavy atom. The second-order valence-corrected chi connectivity index (χ2v) is 8.40. The summed E-state index contributed by atoms with van der Waals surface area (Å²) in [6.07, 6.45) is 4.85. The summed E-state index contributed by atoms with van der Waals surface area (Å²) in [5, 5.41) is 0. The van der Waals surface area contributed by atoms with Crippen LogP contribution in [-0.4, -0.2) is 63.0 Å². The van der Waals surface area contributed by atoms with E-state index in [-0.39, 0.29) is 17.5 Å². The van der Waals surface area contributed by atoms with Crippen LogP contribution in [0.15, 0.2) is 43.0 Å². The van der Waals surface area contributed by atoms with Crippen molar-refractivity contribution in [2.75, 3.05) is 31.8 Å². The zero-order valence-corrected chi connectivity index (χ0v) is 16.0. The lowest BCUT2D eigenvalue weighted by molar-refractivity contribution is -0.148. The minimum Gasteiger partial charge on any atom is -0.490 e. The average molecular weight is 393 g/mol. The van der Waals surface area contributed by atoms with Crippen molar-refractivity contribution in [3.63, 3.8) is 0 Å². The number of carbonyl (C=O) groups excluding carboxylic acids is 2. The van der Waals surface area contributed by atoms with Crippen molar-refractivity contribution in [2.24, 2.45) is 0 Å². The first kappa shape index (κ1) is 20.7. The molecule has 8 heteroatoms. The second kappa shape index (κ2) is 9.36. The molecule has 0 aliphatic carbocycles. The van der Waals surface area contributed by atoms with Gasteiger partial charge in [0.25, 0.3) is 5.91 Å². The van der Waals surface area contributed by atoms with E-state index in [0.717, 1.165) is 5.56 Å². The summed E-state index contributed by atoms with van der Waals surface area (Å²) < 4.78 is 33.3. The number of carbonyl (C=O) groups is 2. The van der Waals surface area contributed by atoms with Crippen LogP contribution in [0.5, 0.6) is 5.75 Å². The maximum atomic E-state index is 12.1. The van der Waals surface area contributed by atoms with Crippen LogP contribution < -0.4 is 4.74 Å². The first-order chi connectivity index (χ1) is 12.8. The molecule has 1 aromatic carbocycles. The van der Waals surface area contributed by atoms with Gasteiger partial charge in [0.1, 0.15) is 12.4 Å². The number of rotatable bonds is 8. The van der Waals surface area contributed by atoms with Crippen molar-refractivity contribution >= 4 is 27.8 Å². The molecule has 1 fully saturated rings. The Labute approximate surface area is 159 Å². The number of amides is 1. The minimum atomic E-state index is -3.08. The molecule has 1 saturated heterocycles. The van der Waals surface area contributed by atoms with Crippen LogP contribution in [-0.2, 0) is 24.2 Å². The van der Waals surface area contributed by atoms with Crippen molar-refractivity contribution in [3.8, 4) is 5.75 Å². The second-order valence-electron chi connectivity index (χ2n) is 6.17. The zero-order valence-electron chi connectivity index (χ0n) is 15.2. The highest BCUT2D eigenvalue weighted by Gasteiger charge is 2.32. The first-order valence-corrected chi connectivity index (χ1v) is 10.3. The molecule has 7 nitrogen and oxygen atoms in total. The quantitative estimate of drug-likeness (QED) is 0.377. The molecule has 0 bridgehead atoms. The molecule has 2 rings (SSSR count). The van der Waals surface area contributed by atoms with Crippen LogP contribution in [0.4, 0.5) is 0 Å². The number of ether oxygens (including phenoxy) is 2. The number of hydrogen-bond acceptors (Lipinski definition) is 6. The van der Waals surface area contributed by atoms with E-state index in [1.54, 1.807) is 36.4 Å². The molecule has 1 heterocycles. The highest BCUT2D eigenvalue weighted by Crippen LogP contribution is 2.16. The van der Waals surface area contributed by atoms with Crippen LogP contribution in [0, 0.1) is 0 Å². The highest BCUT2D eigenvalue weighted by atomic mass is 32.2. The Hall–Kier alpha value is -2.61. The van der Waals surface area contributed by atoms with Gasteiger partial charge >= 0.3 is 5.97 Å². The lowest BCUT2D eigenvalue weighted by Gasteiger charge is -2.22. The number of nitrogens with zero attached hydrogens (tertiary/aromatic N) is 1. The molecule has 1 aliphatic rings. The topological polar surface area (TPSA) is 90.0 Å². The Kier molecular flexibility index (Phi) is 7.18. The summed E-state index contributed by atoms with van der Waals surface area (Å²) >= 11 is 0. The Bertz CT molecular complexity index is 813. The maximum absolute atomic E-state index is 12.1. The third kappa shape index (κ3) is 6.56. The number of hydrogen-bond donors (Lipinski definition) is 0. The Morgan fingerprint density at radius 2 is 2.00 bits per heavy atom. The summed E-state index contributed by atoms with van der Waals surface area (Å²) in [7, 11) is -1.56. The molecular formula is C19H23NO6S. The van der Waals surface area contributed by atoms with E-state index >= 15 is 0 Å². The Balaban J connectivity index is 1.78. The number of benzene rings is 1. The molecule has 27 heavy (non-hydrogen) atoms. The minimum absolute atomic E-state index is 0.0460. The first-order valence-electron chi connectivity index (χ1n) is 8.45. The maximum Gasteiger partial charge on any atom is 0.331 e. The molecule has 1 amide bonds. The van der Waals surface area contributed by atoms with Crippen LogP contribution in [0.3, 0.4) is 0 Å². The van der Waals surface area contributed by atoms with Gasteiger partial charge in [0, 0.05) is 19.2 Å². The lowest BCUT2D eigenvalue weighted by Crippen LogP contribution is -2.40. The molecular weight excluding hydrogens is 370 g/mol. The molecule has 0 aromatic heterocycles. The fraction of sp³-hybridized carbons (Fsp3) is 0.368. The molecule has 0 unspecified atom stereocenters. The molecule has 0 N–H and O–H groups in total. The van der Waals surface area contributed by atoms with Gasteiger partial charge in [-0.25, -0.2) is 13.2 Å². The number of sulfone groups is 1. The third-order valence-corrected chi connectivity index (χ3v) is 5.90. The summed E-state index contributed by atoms with van der Waals surface area (Å²) in [5.41, 5.74) is 0.775. The molecule has 0 radical (unpaired) electrons. The summed E-state index contributed by atoms with van der Waals surface area (Å²) in [6.45, 7) is 3.56. The van der Waals surface area contributed by atoms with Gasteiger partial charge < -0.3 is 14.4 Å². The fourth-order valence-corrected chi connectivity index (χ4v) is 4.34. The molecule has 1 aromatic rings. The third-order valence-electron chi connectivity index (χ3n) is 4.15. The molecule has 146 valence electrons. The molecule has 0 spiro atoms. The van der Waals surface area contributed by atoms with Gasteiger partial charge in [-0.15, -0.1) is 0 Å². The van der Waals surface area contributed by atoms with E-state index < -0.39 is 28.3 Å². The summed E-state index contributed by atoms with van der Waals surface area (Å²) in [5.74, 6) is -0.354. The predicted octanol–water partition coefficient (Wildman–Crippen LogP) is 1.45. The summed E-state index contributed by atoms with van der Waals surface area (Å²) in [4.78, 5) is 25.2. The van der Waals surface area contributed by atoms with Crippen LogP contribution in [0.1, 0.15) is 12.0 Å². The predicted molar refractivity (Wildman–Crippen MR) is 102 cm³/mol. The van der Waals surface area contributed by atoms with Crippen LogP contribution in [0.2, 0.25) is 0 Å². The standard InChI is InChI=1S/C19H23NO6S/c1-3-11-25-17-7-4-15(5-8-17)6-9-19(22)26-13-18(21)20(2)16-10-12-27(23,24)14-16/h3-9,16H,1,10-14H2,2H3/b9-6-/t16-/m1/s1. The van der Waals surface area contributed by atoms with Crippen molar-refractivity contribution in [1.29, 1.82) is 0 Å². The van der Waals surface area contributed by atoms with Crippen molar-refractivity contribution < 1.29 is 27.5 Å². The van der Waals surface area contributed by atoms with Gasteiger partial charge in [0.15, 0.2) is 16.4 Å². The van der Waals surface area contributed by atoms with Crippen molar-refractivity contribution in [3.05, 3.63) is 48.6 Å². The van der Waals surface area contributed by atoms with Crippen molar-refractivity contribution in [2.45, 2.75) is 12.5 Å². The van der Waals surface area contributed by atoms with Gasteiger partial charge in [-0.05, 0) is 30.2 Å². The smallest absolute Gasteiger partial charge is 0.331 e. The van der Waals surface area contributed by atoms with Crippen LogP contribution >= 0.6 is 0 Å². The largest absolute Gasteiger partial charge is 0.490 e. The van der Waals surface area contributed by atoms with Gasteiger partial charge in [-0.2, -0.15) is 0 Å². The summed E-state index contributed by atoms with van der Waals surface area (Å²) in [6, 6.07) is 6.73. The highest BCUT2D eigenvalue weighted by molar-refractivity contribution is 7.91. The monoisotopic (exact) mass is 393 g/mol. The van der Waals surface area contributed by atoms with Gasteiger partial charge in [-0.1, -0.05) is 24.8 Å². The van der Waals surface area contributed by atoms with Gasteiger partial charge in [-0.3, -0.25) is 4.79 Å². The lowest BCUT2D eigenvalue weighted by atomic mass is 10.2. The zero-order chi connectivity index (χ0) is 19.9. The van der Waals surface area contributed by atoms with E-state index in [1.807, 2.05) is 0 Å². The normalized spacial score (nSPS) is 18.2. The fourth-order valence-electron chi connectivity index (χ4n) is 2.56. The van der Waals surface area contributed by atoms with Gasteiger partial charge in [0.05, 0.1) is 11.5 Å². The SMILES string of the molecule is C=CCOc1ccc(/C=C\C(=O)OCC(=O)N(C)[C@@H]2CCS(=O)(=O)C2)cc1. The molecule has 1 atom stereocenters. The Morgan fingerprint density at radius 1 is 1.30 bits per heavy atom.